The monoisotopic (exact) mass is 403 g/mol. The van der Waals surface area contributed by atoms with E-state index in [1.807, 2.05) is 13.0 Å². The number of rotatable bonds is 8. The van der Waals surface area contributed by atoms with Gasteiger partial charge in [0.15, 0.2) is 4.34 Å². The zero-order chi connectivity index (χ0) is 19.1. The van der Waals surface area contributed by atoms with Crippen molar-refractivity contribution in [2.45, 2.75) is 23.4 Å². The highest BCUT2D eigenvalue weighted by Gasteiger charge is 2.11. The Morgan fingerprint density at radius 1 is 1.22 bits per heavy atom. The quantitative estimate of drug-likeness (QED) is 0.423. The zero-order valence-electron chi connectivity index (χ0n) is 14.6. The molecule has 0 spiro atoms. The first-order valence-electron chi connectivity index (χ1n) is 8.39. The van der Waals surface area contributed by atoms with Crippen LogP contribution in [0.2, 0.25) is 0 Å². The number of aromatic nitrogens is 2. The highest BCUT2D eigenvalue weighted by molar-refractivity contribution is 8.00. The lowest BCUT2D eigenvalue weighted by Crippen LogP contribution is -2.11. The third-order valence-electron chi connectivity index (χ3n) is 3.47. The average molecular weight is 404 g/mol. The molecule has 1 N–H and O–H groups in total. The zero-order valence-corrected chi connectivity index (χ0v) is 16.3. The highest BCUT2D eigenvalue weighted by atomic mass is 32.2. The molecule has 0 saturated carbocycles. The number of carbonyl (C=O) groups excluding carboxylic acids is 1. The van der Waals surface area contributed by atoms with E-state index in [1.54, 1.807) is 30.3 Å². The van der Waals surface area contributed by atoms with Crippen molar-refractivity contribution in [2.75, 3.05) is 11.9 Å². The second-order valence-corrected chi connectivity index (χ2v) is 7.82. The summed E-state index contributed by atoms with van der Waals surface area (Å²) in [6.45, 7) is 2.63. The van der Waals surface area contributed by atoms with E-state index in [0.717, 1.165) is 16.3 Å². The lowest BCUT2D eigenvalue weighted by atomic mass is 10.2. The molecule has 0 fully saturated rings. The third-order valence-corrected chi connectivity index (χ3v) is 5.51. The Morgan fingerprint density at radius 2 is 2.04 bits per heavy atom. The normalized spacial score (nSPS) is 10.6. The minimum atomic E-state index is -0.261. The van der Waals surface area contributed by atoms with Crippen molar-refractivity contribution >= 4 is 34.1 Å². The van der Waals surface area contributed by atoms with Crippen molar-refractivity contribution in [1.29, 1.82) is 0 Å². The molecule has 1 aromatic heterocycles. The highest BCUT2D eigenvalue weighted by Crippen LogP contribution is 2.28. The summed E-state index contributed by atoms with van der Waals surface area (Å²) in [7, 11) is 0. The fraction of sp³-hybridized carbons (Fsp3) is 0.211. The molecule has 1 amide bonds. The van der Waals surface area contributed by atoms with E-state index in [1.165, 1.54) is 35.2 Å². The van der Waals surface area contributed by atoms with Crippen LogP contribution in [0.1, 0.15) is 29.3 Å². The summed E-state index contributed by atoms with van der Waals surface area (Å²) in [6.07, 6.45) is 0.902. The largest absolute Gasteiger partial charge is 0.494 e. The topological polar surface area (TPSA) is 64.1 Å². The van der Waals surface area contributed by atoms with E-state index < -0.39 is 0 Å². The number of amides is 1. The Balaban J connectivity index is 1.56. The van der Waals surface area contributed by atoms with Gasteiger partial charge in [-0.05, 0) is 42.3 Å². The maximum atomic E-state index is 12.9. The number of nitrogens with zero attached hydrogens (tertiary/aromatic N) is 2. The van der Waals surface area contributed by atoms with Gasteiger partial charge in [0.2, 0.25) is 5.13 Å². The molecule has 0 saturated heterocycles. The minimum absolute atomic E-state index is 0.256. The van der Waals surface area contributed by atoms with Crippen LogP contribution in [0, 0.1) is 5.82 Å². The molecule has 3 aromatic rings. The first-order chi connectivity index (χ1) is 13.1. The molecule has 0 radical (unpaired) electrons. The Morgan fingerprint density at radius 3 is 2.81 bits per heavy atom. The van der Waals surface area contributed by atoms with Crippen molar-refractivity contribution in [1.82, 2.24) is 10.2 Å². The SMILES string of the molecule is CCCOc1cccc(C(=O)Nc2nnc(SCc3ccc(F)cc3)s2)c1. The van der Waals surface area contributed by atoms with Crippen LogP contribution in [0.25, 0.3) is 0 Å². The predicted molar refractivity (Wildman–Crippen MR) is 106 cm³/mol. The van der Waals surface area contributed by atoms with Crippen LogP contribution in [0.5, 0.6) is 5.75 Å². The molecule has 2 aromatic carbocycles. The molecular formula is C19H18FN3O2S2. The Kier molecular flexibility index (Phi) is 6.78. The summed E-state index contributed by atoms with van der Waals surface area (Å²) in [5.74, 6) is 0.800. The lowest BCUT2D eigenvalue weighted by Gasteiger charge is -2.06. The molecule has 0 aliphatic carbocycles. The molecule has 27 heavy (non-hydrogen) atoms. The fourth-order valence-corrected chi connectivity index (χ4v) is 3.86. The van der Waals surface area contributed by atoms with E-state index in [4.69, 9.17) is 4.74 Å². The third kappa shape index (κ3) is 5.77. The molecule has 0 unspecified atom stereocenters. The minimum Gasteiger partial charge on any atom is -0.494 e. The van der Waals surface area contributed by atoms with Crippen LogP contribution in [-0.4, -0.2) is 22.7 Å². The fourth-order valence-electron chi connectivity index (χ4n) is 2.16. The van der Waals surface area contributed by atoms with Crippen molar-refractivity contribution in [3.05, 3.63) is 65.5 Å². The van der Waals surface area contributed by atoms with Gasteiger partial charge >= 0.3 is 0 Å². The van der Waals surface area contributed by atoms with Crippen LogP contribution in [-0.2, 0) is 5.75 Å². The second-order valence-electron chi connectivity index (χ2n) is 5.62. The smallest absolute Gasteiger partial charge is 0.257 e. The van der Waals surface area contributed by atoms with Crippen molar-refractivity contribution in [2.24, 2.45) is 0 Å². The summed E-state index contributed by atoms with van der Waals surface area (Å²) in [5, 5.41) is 11.3. The molecular weight excluding hydrogens is 385 g/mol. The summed E-state index contributed by atoms with van der Waals surface area (Å²) in [5.41, 5.74) is 1.49. The van der Waals surface area contributed by atoms with Crippen molar-refractivity contribution < 1.29 is 13.9 Å². The first kappa shape index (κ1) is 19.3. The van der Waals surface area contributed by atoms with Gasteiger partial charge in [0.1, 0.15) is 11.6 Å². The van der Waals surface area contributed by atoms with Crippen LogP contribution >= 0.6 is 23.1 Å². The Labute approximate surface area is 165 Å². The number of nitrogens with one attached hydrogen (secondary N) is 1. The first-order valence-corrected chi connectivity index (χ1v) is 10.2. The molecule has 140 valence electrons. The van der Waals surface area contributed by atoms with Crippen LogP contribution < -0.4 is 10.1 Å². The molecule has 0 atom stereocenters. The molecule has 1 heterocycles. The number of carbonyl (C=O) groups is 1. The maximum Gasteiger partial charge on any atom is 0.257 e. The summed E-state index contributed by atoms with van der Waals surface area (Å²) >= 11 is 2.79. The molecule has 0 aliphatic heterocycles. The van der Waals surface area contributed by atoms with E-state index in [0.29, 0.717) is 28.8 Å². The van der Waals surface area contributed by atoms with Crippen LogP contribution in [0.15, 0.2) is 52.9 Å². The van der Waals surface area contributed by atoms with Gasteiger partial charge < -0.3 is 4.74 Å². The van der Waals surface area contributed by atoms with Gasteiger partial charge in [-0.1, -0.05) is 48.2 Å². The predicted octanol–water partition coefficient (Wildman–Crippen LogP) is 5.01. The second kappa shape index (κ2) is 9.48. The Hall–Kier alpha value is -2.45. The van der Waals surface area contributed by atoms with E-state index in [2.05, 4.69) is 15.5 Å². The van der Waals surface area contributed by atoms with Gasteiger partial charge in [0.05, 0.1) is 6.61 Å². The van der Waals surface area contributed by atoms with Crippen LogP contribution in [0.4, 0.5) is 9.52 Å². The standard InChI is InChI=1S/C19H18FN3O2S2/c1-2-10-25-16-5-3-4-14(11-16)17(24)21-18-22-23-19(27-18)26-12-13-6-8-15(20)9-7-13/h3-9,11H,2,10,12H2,1H3,(H,21,22,24). The van der Waals surface area contributed by atoms with Crippen molar-refractivity contribution in [3.63, 3.8) is 0 Å². The number of halogens is 1. The molecule has 8 heteroatoms. The van der Waals surface area contributed by atoms with E-state index >= 15 is 0 Å². The number of hydrogen-bond donors (Lipinski definition) is 1. The molecule has 0 aliphatic rings. The average Bonchev–Trinajstić information content (AvgIpc) is 3.13. The molecule has 5 nitrogen and oxygen atoms in total. The lowest BCUT2D eigenvalue weighted by molar-refractivity contribution is 0.102. The van der Waals surface area contributed by atoms with Gasteiger partial charge in [-0.2, -0.15) is 0 Å². The number of anilines is 1. The van der Waals surface area contributed by atoms with Crippen LogP contribution in [0.3, 0.4) is 0 Å². The summed E-state index contributed by atoms with van der Waals surface area (Å²) in [4.78, 5) is 12.4. The number of hydrogen-bond acceptors (Lipinski definition) is 6. The summed E-state index contributed by atoms with van der Waals surface area (Å²) < 4.78 is 19.2. The van der Waals surface area contributed by atoms with Gasteiger partial charge in [-0.15, -0.1) is 10.2 Å². The number of benzene rings is 2. The maximum absolute atomic E-state index is 12.9. The molecule has 3 rings (SSSR count). The molecule has 0 bridgehead atoms. The Bertz CT molecular complexity index is 900. The van der Waals surface area contributed by atoms with E-state index in [-0.39, 0.29) is 11.7 Å². The number of ether oxygens (including phenoxy) is 1. The summed E-state index contributed by atoms with van der Waals surface area (Å²) in [6, 6.07) is 13.4. The number of thioether (sulfide) groups is 1. The van der Waals surface area contributed by atoms with Gasteiger partial charge in [-0.25, -0.2) is 4.39 Å². The van der Waals surface area contributed by atoms with E-state index in [9.17, 15) is 9.18 Å². The van der Waals surface area contributed by atoms with Crippen molar-refractivity contribution in [3.8, 4) is 5.75 Å². The van der Waals surface area contributed by atoms with Gasteiger partial charge in [0, 0.05) is 11.3 Å². The van der Waals surface area contributed by atoms with Gasteiger partial charge in [0.25, 0.3) is 5.91 Å². The van der Waals surface area contributed by atoms with Gasteiger partial charge in [-0.3, -0.25) is 10.1 Å².